The number of fused-ring (bicyclic) bond motifs is 2. The Morgan fingerprint density at radius 3 is 1.67 bits per heavy atom. The van der Waals surface area contributed by atoms with E-state index in [0.717, 1.165) is 39.2 Å². The summed E-state index contributed by atoms with van der Waals surface area (Å²) >= 11 is 0. The van der Waals surface area contributed by atoms with Crippen LogP contribution >= 0.6 is 0 Å². The summed E-state index contributed by atoms with van der Waals surface area (Å²) in [6, 6.07) is 25.3. The first-order valence-electron chi connectivity index (χ1n) is 11.9. The molecule has 1 aliphatic rings. The van der Waals surface area contributed by atoms with Gasteiger partial charge in [0.1, 0.15) is 0 Å². The smallest absolute Gasteiger partial charge is 0.224 e. The van der Waals surface area contributed by atoms with Gasteiger partial charge in [0.25, 0.3) is 0 Å². The van der Waals surface area contributed by atoms with E-state index in [1.165, 1.54) is 6.07 Å². The second-order valence-electron chi connectivity index (χ2n) is 9.18. The Balaban J connectivity index is 1.53. The van der Waals surface area contributed by atoms with Crippen molar-refractivity contribution < 1.29 is 14.9 Å². The Bertz CT molecular complexity index is 1460. The molecule has 5 aromatic rings. The zero-order valence-corrected chi connectivity index (χ0v) is 20.1. The lowest BCUT2D eigenvalue weighted by atomic mass is 9.83. The highest BCUT2D eigenvalue weighted by molar-refractivity contribution is 5.59. The van der Waals surface area contributed by atoms with Crippen LogP contribution in [-0.4, -0.2) is 29.8 Å². The van der Waals surface area contributed by atoms with Crippen molar-refractivity contribution in [3.63, 3.8) is 0 Å². The van der Waals surface area contributed by atoms with Gasteiger partial charge in [-0.15, -0.1) is 0 Å². The minimum absolute atomic E-state index is 0.153. The Labute approximate surface area is 208 Å². The summed E-state index contributed by atoms with van der Waals surface area (Å²) in [4.78, 5) is 0. The molecule has 0 aliphatic carbocycles. The molecule has 0 atom stereocenters. The van der Waals surface area contributed by atoms with Gasteiger partial charge in [0.2, 0.25) is 11.8 Å². The van der Waals surface area contributed by atoms with E-state index in [-0.39, 0.29) is 17.4 Å². The summed E-state index contributed by atoms with van der Waals surface area (Å²) in [5, 5.41) is 30.0. The molecule has 0 fully saturated rings. The third-order valence-corrected chi connectivity index (χ3v) is 6.70. The number of aromatic hydroxyl groups is 2. The molecule has 36 heavy (non-hydrogen) atoms. The van der Waals surface area contributed by atoms with Crippen LogP contribution < -0.4 is 4.74 Å². The number of phenols is 2. The lowest BCUT2D eigenvalue weighted by Gasteiger charge is -2.26. The zero-order chi connectivity index (χ0) is 24.8. The molecule has 0 spiro atoms. The molecule has 0 bridgehead atoms. The van der Waals surface area contributed by atoms with Crippen molar-refractivity contribution in [3.8, 4) is 23.3 Å². The van der Waals surface area contributed by atoms with Gasteiger partial charge >= 0.3 is 0 Å². The van der Waals surface area contributed by atoms with Crippen molar-refractivity contribution in [3.05, 3.63) is 118 Å². The Kier molecular flexibility index (Phi) is 5.25. The van der Waals surface area contributed by atoms with Gasteiger partial charge in [-0.3, -0.25) is 0 Å². The van der Waals surface area contributed by atoms with E-state index in [9.17, 15) is 10.2 Å². The van der Waals surface area contributed by atoms with Crippen LogP contribution in [0.25, 0.3) is 0 Å². The summed E-state index contributed by atoms with van der Waals surface area (Å²) in [6.07, 6.45) is 0. The van der Waals surface area contributed by atoms with Gasteiger partial charge in [-0.05, 0) is 42.7 Å². The molecule has 2 aromatic heterocycles. The van der Waals surface area contributed by atoms with Crippen molar-refractivity contribution in [1.82, 2.24) is 19.6 Å². The van der Waals surface area contributed by atoms with Crippen molar-refractivity contribution in [2.24, 2.45) is 0 Å². The highest BCUT2D eigenvalue weighted by atomic mass is 16.5. The predicted octanol–water partition coefficient (Wildman–Crippen LogP) is 5.49. The molecule has 3 heterocycles. The Hall–Kier alpha value is -4.52. The van der Waals surface area contributed by atoms with Crippen molar-refractivity contribution in [2.75, 3.05) is 0 Å². The van der Waals surface area contributed by atoms with Crippen LogP contribution in [0, 0.1) is 13.8 Å². The molecule has 180 valence electrons. The fourth-order valence-corrected chi connectivity index (χ4v) is 5.04. The van der Waals surface area contributed by atoms with Gasteiger partial charge < -0.3 is 14.9 Å². The first-order chi connectivity index (χ1) is 17.5. The summed E-state index contributed by atoms with van der Waals surface area (Å²) in [6.45, 7) is 5.08. The number of rotatable bonds is 5. The second kappa shape index (κ2) is 8.61. The number of hydrogen-bond donors (Lipinski definition) is 2. The van der Waals surface area contributed by atoms with Crippen LogP contribution in [0.2, 0.25) is 0 Å². The molecule has 3 aromatic carbocycles. The quantitative estimate of drug-likeness (QED) is 0.320. The first kappa shape index (κ1) is 22.0. The van der Waals surface area contributed by atoms with E-state index >= 15 is 0 Å². The molecular formula is C29H26N4O3. The molecule has 2 N–H and O–H groups in total. The van der Waals surface area contributed by atoms with Gasteiger partial charge in [0, 0.05) is 17.0 Å². The fraction of sp³-hybridized carbons (Fsp3) is 0.172. The highest BCUT2D eigenvalue weighted by Gasteiger charge is 2.38. The number of aryl methyl sites for hydroxylation is 2. The topological polar surface area (TPSA) is 85.3 Å². The Morgan fingerprint density at radius 1 is 0.694 bits per heavy atom. The van der Waals surface area contributed by atoms with E-state index in [4.69, 9.17) is 14.9 Å². The lowest BCUT2D eigenvalue weighted by molar-refractivity contribution is 0.361. The van der Waals surface area contributed by atoms with Gasteiger partial charge in [-0.1, -0.05) is 66.7 Å². The molecule has 0 amide bonds. The average molecular weight is 479 g/mol. The molecule has 0 radical (unpaired) electrons. The minimum atomic E-state index is -0.260. The molecule has 0 saturated heterocycles. The Morgan fingerprint density at radius 2 is 1.19 bits per heavy atom. The third-order valence-electron chi connectivity index (χ3n) is 6.70. The predicted molar refractivity (Wildman–Crippen MR) is 136 cm³/mol. The average Bonchev–Trinajstić information content (AvgIpc) is 3.36. The van der Waals surface area contributed by atoms with Gasteiger partial charge in [-0.25, -0.2) is 9.36 Å². The first-order valence-corrected chi connectivity index (χ1v) is 11.9. The number of aromatic nitrogens is 4. The number of benzene rings is 3. The summed E-state index contributed by atoms with van der Waals surface area (Å²) < 4.78 is 10.4. The minimum Gasteiger partial charge on any atom is -0.504 e. The second-order valence-corrected chi connectivity index (χ2v) is 9.18. The van der Waals surface area contributed by atoms with E-state index < -0.39 is 0 Å². The maximum absolute atomic E-state index is 10.3. The number of ether oxygens (including phenoxy) is 1. The van der Waals surface area contributed by atoms with E-state index in [0.29, 0.717) is 24.8 Å². The summed E-state index contributed by atoms with van der Waals surface area (Å²) in [5.74, 6) is 0.751. The SMILES string of the molecule is Cc1nn(Cc2ccccc2)c2c1C(c1ccc(O)c(O)c1)c1c(C)nn(Cc3ccccc3)c1O2. The van der Waals surface area contributed by atoms with Crippen LogP contribution in [0.4, 0.5) is 0 Å². The molecule has 0 unspecified atom stereocenters. The lowest BCUT2D eigenvalue weighted by Crippen LogP contribution is -2.15. The van der Waals surface area contributed by atoms with Gasteiger partial charge in [0.15, 0.2) is 11.5 Å². The standard InChI is InChI=1S/C29H26N4O3/c1-18-25-27(22-13-14-23(34)24(35)15-22)26-19(2)31-33(17-21-11-7-4-8-12-21)29(26)36-28(25)32(30-18)16-20-9-5-3-6-10-20/h3-15,27,34-35H,16-17H2,1-2H3. The normalized spacial score (nSPS) is 12.7. The molecule has 0 saturated carbocycles. The van der Waals surface area contributed by atoms with Crippen molar-refractivity contribution in [2.45, 2.75) is 32.9 Å². The van der Waals surface area contributed by atoms with Gasteiger partial charge in [-0.2, -0.15) is 10.2 Å². The van der Waals surface area contributed by atoms with Crippen LogP contribution in [-0.2, 0) is 13.1 Å². The van der Waals surface area contributed by atoms with Gasteiger partial charge in [0.05, 0.1) is 24.5 Å². The van der Waals surface area contributed by atoms with Crippen LogP contribution in [0.15, 0.2) is 78.9 Å². The van der Waals surface area contributed by atoms with Crippen LogP contribution in [0.3, 0.4) is 0 Å². The van der Waals surface area contributed by atoms with Crippen LogP contribution in [0.5, 0.6) is 23.3 Å². The highest BCUT2D eigenvalue weighted by Crippen LogP contribution is 2.51. The largest absolute Gasteiger partial charge is 0.504 e. The number of nitrogens with zero attached hydrogens (tertiary/aromatic N) is 4. The molecule has 1 aliphatic heterocycles. The molecule has 6 rings (SSSR count). The maximum atomic E-state index is 10.3. The number of hydrogen-bond acceptors (Lipinski definition) is 5. The fourth-order valence-electron chi connectivity index (χ4n) is 5.04. The summed E-state index contributed by atoms with van der Waals surface area (Å²) in [5.41, 5.74) is 6.63. The molecule has 7 heteroatoms. The van der Waals surface area contributed by atoms with Crippen molar-refractivity contribution in [1.29, 1.82) is 0 Å². The van der Waals surface area contributed by atoms with E-state index in [1.54, 1.807) is 6.07 Å². The summed E-state index contributed by atoms with van der Waals surface area (Å²) in [7, 11) is 0. The zero-order valence-electron chi connectivity index (χ0n) is 20.1. The number of phenolic OH excluding ortho intramolecular Hbond substituents is 2. The molecular weight excluding hydrogens is 452 g/mol. The maximum Gasteiger partial charge on any atom is 0.224 e. The van der Waals surface area contributed by atoms with Crippen molar-refractivity contribution >= 4 is 0 Å². The van der Waals surface area contributed by atoms with Crippen LogP contribution in [0.1, 0.15) is 45.1 Å². The monoisotopic (exact) mass is 478 g/mol. The van der Waals surface area contributed by atoms with E-state index in [1.807, 2.05) is 65.7 Å². The van der Waals surface area contributed by atoms with E-state index in [2.05, 4.69) is 24.3 Å². The third kappa shape index (κ3) is 3.69. The molecule has 7 nitrogen and oxygen atoms in total.